The predicted molar refractivity (Wildman–Crippen MR) is 125 cm³/mol. The summed E-state index contributed by atoms with van der Waals surface area (Å²) in [5.74, 6) is 0.0622. The van der Waals surface area contributed by atoms with E-state index >= 15 is 0 Å². The molecule has 2 aliphatic rings. The van der Waals surface area contributed by atoms with E-state index in [9.17, 15) is 14.0 Å². The summed E-state index contributed by atoms with van der Waals surface area (Å²) in [6.07, 6.45) is 2.57. The number of benzene rings is 2. The summed E-state index contributed by atoms with van der Waals surface area (Å²) in [6, 6.07) is 17.0. The molecule has 1 fully saturated rings. The van der Waals surface area contributed by atoms with Gasteiger partial charge in [0.25, 0.3) is 5.91 Å². The van der Waals surface area contributed by atoms with Gasteiger partial charge in [-0.1, -0.05) is 18.2 Å². The Hall–Kier alpha value is -3.19. The predicted octanol–water partition coefficient (Wildman–Crippen LogP) is 4.70. The molecule has 0 radical (unpaired) electrons. The van der Waals surface area contributed by atoms with Crippen LogP contribution in [-0.2, 0) is 11.2 Å². The number of amides is 2. The number of nitrogens with zero attached hydrogens (tertiary/aromatic N) is 2. The molecule has 0 unspecified atom stereocenters. The standard InChI is InChI=1S/C26H25FN2O3S/c27-19-8-6-18(7-9-19)26(31)29(20-10-11-20)16-25(30)28-14-12-24-22(13-15-33-24)23(28)17-32-21-4-2-1-3-5-21/h1-9,13,15,20,23H,10-12,14,16-17H2/t23-/m1/s1. The lowest BCUT2D eigenvalue weighted by molar-refractivity contribution is -0.135. The molecule has 3 aromatic rings. The topological polar surface area (TPSA) is 49.9 Å². The Morgan fingerprint density at radius 1 is 1.06 bits per heavy atom. The maximum atomic E-state index is 13.5. The lowest BCUT2D eigenvalue weighted by Gasteiger charge is -2.37. The fourth-order valence-electron chi connectivity index (χ4n) is 4.31. The van der Waals surface area contributed by atoms with E-state index in [1.165, 1.54) is 29.1 Å². The van der Waals surface area contributed by atoms with Gasteiger partial charge in [-0.3, -0.25) is 9.59 Å². The Bertz CT molecular complexity index is 1130. The van der Waals surface area contributed by atoms with Gasteiger partial charge < -0.3 is 14.5 Å². The van der Waals surface area contributed by atoms with Crippen LogP contribution < -0.4 is 4.74 Å². The minimum atomic E-state index is -0.387. The molecule has 1 aromatic heterocycles. The molecule has 7 heteroatoms. The van der Waals surface area contributed by atoms with Crippen LogP contribution in [0.1, 0.15) is 39.7 Å². The van der Waals surface area contributed by atoms with Crippen LogP contribution in [0.5, 0.6) is 5.75 Å². The minimum absolute atomic E-state index is 0.0161. The number of thiophene rings is 1. The lowest BCUT2D eigenvalue weighted by atomic mass is 10.0. The van der Waals surface area contributed by atoms with E-state index in [2.05, 4.69) is 11.4 Å². The number of carbonyl (C=O) groups excluding carboxylic acids is 2. The van der Waals surface area contributed by atoms with Gasteiger partial charge in [0, 0.05) is 23.0 Å². The molecule has 0 bridgehead atoms. The number of carbonyl (C=O) groups is 2. The summed E-state index contributed by atoms with van der Waals surface area (Å²) >= 11 is 1.71. The summed E-state index contributed by atoms with van der Waals surface area (Å²) < 4.78 is 19.4. The van der Waals surface area contributed by atoms with E-state index in [4.69, 9.17) is 4.74 Å². The highest BCUT2D eigenvalue weighted by Crippen LogP contribution is 2.35. The van der Waals surface area contributed by atoms with E-state index in [0.29, 0.717) is 18.7 Å². The normalized spacial score (nSPS) is 17.4. The van der Waals surface area contributed by atoms with Gasteiger partial charge in [0.15, 0.2) is 0 Å². The van der Waals surface area contributed by atoms with Crippen LogP contribution >= 0.6 is 11.3 Å². The SMILES string of the molecule is O=C(c1ccc(F)cc1)N(CC(=O)N1CCc2sccc2[C@H]1COc1ccccc1)C1CC1. The highest BCUT2D eigenvalue weighted by molar-refractivity contribution is 7.10. The molecule has 1 aliphatic carbocycles. The Labute approximate surface area is 196 Å². The molecule has 1 atom stereocenters. The highest BCUT2D eigenvalue weighted by Gasteiger charge is 2.38. The monoisotopic (exact) mass is 464 g/mol. The van der Waals surface area contributed by atoms with Crippen molar-refractivity contribution in [2.24, 2.45) is 0 Å². The van der Waals surface area contributed by atoms with E-state index in [1.54, 1.807) is 16.2 Å². The number of halogens is 1. The minimum Gasteiger partial charge on any atom is -0.491 e. The second kappa shape index (κ2) is 9.35. The smallest absolute Gasteiger partial charge is 0.254 e. The van der Waals surface area contributed by atoms with Gasteiger partial charge in [-0.05, 0) is 72.7 Å². The van der Waals surface area contributed by atoms with Crippen molar-refractivity contribution in [1.29, 1.82) is 0 Å². The molecule has 0 N–H and O–H groups in total. The van der Waals surface area contributed by atoms with Crippen LogP contribution in [0.25, 0.3) is 0 Å². The van der Waals surface area contributed by atoms with E-state index in [1.807, 2.05) is 35.2 Å². The number of para-hydroxylation sites is 1. The van der Waals surface area contributed by atoms with Crippen molar-refractivity contribution in [3.63, 3.8) is 0 Å². The molecule has 33 heavy (non-hydrogen) atoms. The van der Waals surface area contributed by atoms with Gasteiger partial charge in [0.2, 0.25) is 5.91 Å². The van der Waals surface area contributed by atoms with Crippen LogP contribution in [0.2, 0.25) is 0 Å². The van der Waals surface area contributed by atoms with Crippen LogP contribution in [0, 0.1) is 5.82 Å². The van der Waals surface area contributed by atoms with Crippen LogP contribution in [-0.4, -0.2) is 47.4 Å². The summed E-state index contributed by atoms with van der Waals surface area (Å²) in [6.45, 7) is 0.968. The first-order valence-corrected chi connectivity index (χ1v) is 12.1. The van der Waals surface area contributed by atoms with Crippen molar-refractivity contribution in [1.82, 2.24) is 9.80 Å². The first-order valence-electron chi connectivity index (χ1n) is 11.2. The van der Waals surface area contributed by atoms with Crippen molar-refractivity contribution >= 4 is 23.2 Å². The Morgan fingerprint density at radius 3 is 2.55 bits per heavy atom. The quantitative estimate of drug-likeness (QED) is 0.510. The zero-order valence-corrected chi connectivity index (χ0v) is 19.0. The van der Waals surface area contributed by atoms with Crippen LogP contribution in [0.15, 0.2) is 66.0 Å². The molecule has 5 rings (SSSR count). The first kappa shape index (κ1) is 21.6. The number of ether oxygens (including phenoxy) is 1. The van der Waals surface area contributed by atoms with Crippen molar-refractivity contribution < 1.29 is 18.7 Å². The second-order valence-electron chi connectivity index (χ2n) is 8.45. The molecule has 1 saturated carbocycles. The number of hydrogen-bond donors (Lipinski definition) is 0. The average Bonchev–Trinajstić information content (AvgIpc) is 3.57. The molecule has 2 aromatic carbocycles. The van der Waals surface area contributed by atoms with Gasteiger partial charge in [-0.25, -0.2) is 4.39 Å². The van der Waals surface area contributed by atoms with E-state index < -0.39 is 0 Å². The largest absolute Gasteiger partial charge is 0.491 e. The van der Waals surface area contributed by atoms with Gasteiger partial charge in [-0.2, -0.15) is 0 Å². The number of fused-ring (bicyclic) bond motifs is 1. The van der Waals surface area contributed by atoms with Gasteiger partial charge in [0.05, 0.1) is 6.04 Å². The summed E-state index contributed by atoms with van der Waals surface area (Å²) in [7, 11) is 0. The molecule has 2 amide bonds. The number of rotatable bonds is 7. The van der Waals surface area contributed by atoms with Crippen molar-refractivity contribution in [2.75, 3.05) is 19.7 Å². The van der Waals surface area contributed by atoms with Gasteiger partial charge in [-0.15, -0.1) is 11.3 Å². The van der Waals surface area contributed by atoms with E-state index in [-0.39, 0.29) is 36.3 Å². The summed E-state index contributed by atoms with van der Waals surface area (Å²) in [5.41, 5.74) is 1.53. The third-order valence-electron chi connectivity index (χ3n) is 6.21. The van der Waals surface area contributed by atoms with Crippen molar-refractivity contribution in [3.05, 3.63) is 87.9 Å². The van der Waals surface area contributed by atoms with E-state index in [0.717, 1.165) is 30.6 Å². The third-order valence-corrected chi connectivity index (χ3v) is 7.21. The number of hydrogen-bond acceptors (Lipinski definition) is 4. The second-order valence-corrected chi connectivity index (χ2v) is 9.45. The van der Waals surface area contributed by atoms with Crippen molar-refractivity contribution in [2.45, 2.75) is 31.3 Å². The molecule has 0 spiro atoms. The summed E-state index contributed by atoms with van der Waals surface area (Å²) in [4.78, 5) is 31.4. The molecule has 5 nitrogen and oxygen atoms in total. The fraction of sp³-hybridized carbons (Fsp3) is 0.308. The molecule has 2 heterocycles. The molecular formula is C26H25FN2O3S. The maximum Gasteiger partial charge on any atom is 0.254 e. The lowest BCUT2D eigenvalue weighted by Crippen LogP contribution is -2.48. The maximum absolute atomic E-state index is 13.5. The molecular weight excluding hydrogens is 439 g/mol. The van der Waals surface area contributed by atoms with Crippen molar-refractivity contribution in [3.8, 4) is 5.75 Å². The Kier molecular flexibility index (Phi) is 6.13. The zero-order valence-electron chi connectivity index (χ0n) is 18.2. The molecule has 170 valence electrons. The van der Waals surface area contributed by atoms with Gasteiger partial charge >= 0.3 is 0 Å². The zero-order chi connectivity index (χ0) is 22.8. The molecule has 1 aliphatic heterocycles. The Balaban J connectivity index is 1.34. The third kappa shape index (κ3) is 4.78. The van der Waals surface area contributed by atoms with Gasteiger partial charge in [0.1, 0.15) is 24.7 Å². The highest BCUT2D eigenvalue weighted by atomic mass is 32.1. The summed E-state index contributed by atoms with van der Waals surface area (Å²) in [5, 5.41) is 2.06. The first-order chi connectivity index (χ1) is 16.1. The van der Waals surface area contributed by atoms with Crippen LogP contribution in [0.4, 0.5) is 4.39 Å². The average molecular weight is 465 g/mol. The molecule has 0 saturated heterocycles. The Morgan fingerprint density at radius 2 is 1.82 bits per heavy atom. The van der Waals surface area contributed by atoms with Crippen LogP contribution in [0.3, 0.4) is 0 Å². The fourth-order valence-corrected chi connectivity index (χ4v) is 5.24.